The van der Waals surface area contributed by atoms with Gasteiger partial charge in [0.1, 0.15) is 12.7 Å². The van der Waals surface area contributed by atoms with Gasteiger partial charge in [0, 0.05) is 23.2 Å². The molecule has 0 radical (unpaired) electrons. The Bertz CT molecular complexity index is 809. The predicted octanol–water partition coefficient (Wildman–Crippen LogP) is 3.64. The molecule has 2 N–H and O–H groups in total. The molecule has 0 spiro atoms. The van der Waals surface area contributed by atoms with Crippen molar-refractivity contribution in [2.75, 3.05) is 13.1 Å². The molecule has 1 saturated carbocycles. The maximum atomic E-state index is 13.0. The quantitative estimate of drug-likeness (QED) is 0.589. The van der Waals surface area contributed by atoms with E-state index in [1.165, 1.54) is 35.7 Å². The van der Waals surface area contributed by atoms with Gasteiger partial charge < -0.3 is 10.6 Å². The second-order valence-corrected chi connectivity index (χ2v) is 10.3. The minimum absolute atomic E-state index is 0.0894. The fraction of sp³-hybridized carbons (Fsp3) is 0.609. The van der Waals surface area contributed by atoms with Crippen LogP contribution in [0.3, 0.4) is 0 Å². The van der Waals surface area contributed by atoms with E-state index in [0.717, 1.165) is 38.0 Å². The fourth-order valence-corrected chi connectivity index (χ4v) is 5.78. The van der Waals surface area contributed by atoms with Gasteiger partial charge in [0.15, 0.2) is 0 Å². The maximum Gasteiger partial charge on any atom is 0.239 e. The highest BCUT2D eigenvalue weighted by molar-refractivity contribution is 14.1. The van der Waals surface area contributed by atoms with E-state index in [0.29, 0.717) is 12.3 Å². The van der Waals surface area contributed by atoms with Crippen LogP contribution in [0.25, 0.3) is 0 Å². The molecule has 30 heavy (non-hydrogen) atoms. The zero-order valence-corrected chi connectivity index (χ0v) is 19.7. The zero-order chi connectivity index (χ0) is 21.0. The Morgan fingerprint density at radius 1 is 1.17 bits per heavy atom. The molecular formula is C23H32IN5O. The van der Waals surface area contributed by atoms with Gasteiger partial charge in [0.25, 0.3) is 0 Å². The molecule has 1 aromatic heterocycles. The first-order valence-electron chi connectivity index (χ1n) is 11.2. The Kier molecular flexibility index (Phi) is 7.08. The lowest BCUT2D eigenvalue weighted by Crippen LogP contribution is -2.52. The van der Waals surface area contributed by atoms with Crippen molar-refractivity contribution in [2.24, 2.45) is 17.1 Å². The second kappa shape index (κ2) is 9.77. The molecule has 2 aromatic rings. The van der Waals surface area contributed by atoms with Gasteiger partial charge in [-0.1, -0.05) is 31.4 Å². The van der Waals surface area contributed by atoms with Crippen molar-refractivity contribution in [2.45, 2.75) is 64.0 Å². The first-order valence-corrected chi connectivity index (χ1v) is 12.2. The van der Waals surface area contributed by atoms with E-state index in [1.54, 1.807) is 6.33 Å². The van der Waals surface area contributed by atoms with Gasteiger partial charge in [-0.3, -0.25) is 9.48 Å². The predicted molar refractivity (Wildman–Crippen MR) is 126 cm³/mol. The molecule has 2 fully saturated rings. The molecule has 1 amide bonds. The molecular weight excluding hydrogens is 489 g/mol. The van der Waals surface area contributed by atoms with Crippen molar-refractivity contribution in [3.05, 3.63) is 46.1 Å². The number of nitrogens with two attached hydrogens (primary N) is 1. The van der Waals surface area contributed by atoms with Crippen LogP contribution in [0.2, 0.25) is 0 Å². The normalized spacial score (nSPS) is 20.8. The van der Waals surface area contributed by atoms with Gasteiger partial charge >= 0.3 is 0 Å². The van der Waals surface area contributed by atoms with Crippen LogP contribution >= 0.6 is 22.6 Å². The smallest absolute Gasteiger partial charge is 0.239 e. The summed E-state index contributed by atoms with van der Waals surface area (Å²) in [5, 5.41) is 4.39. The molecule has 1 aliphatic carbocycles. The average molecular weight is 521 g/mol. The number of hydrogen-bond acceptors (Lipinski definition) is 4. The van der Waals surface area contributed by atoms with Crippen LogP contribution in [0, 0.1) is 14.9 Å². The lowest BCUT2D eigenvalue weighted by atomic mass is 9.63. The van der Waals surface area contributed by atoms with Gasteiger partial charge in [-0.15, -0.1) is 0 Å². The number of halogens is 1. The molecule has 6 nitrogen and oxygen atoms in total. The van der Waals surface area contributed by atoms with Crippen LogP contribution in [-0.4, -0.2) is 44.7 Å². The SMILES string of the molecule is N[C@H](Cc1ccc(I)cc1)C(=O)N1CCC(Cn2cncn2)(C2CCCCC2)CC1. The van der Waals surface area contributed by atoms with Crippen molar-refractivity contribution in [1.29, 1.82) is 0 Å². The van der Waals surface area contributed by atoms with Crippen LogP contribution in [-0.2, 0) is 17.8 Å². The van der Waals surface area contributed by atoms with Gasteiger partial charge in [-0.05, 0) is 83.7 Å². The van der Waals surface area contributed by atoms with Crippen molar-refractivity contribution in [3.8, 4) is 0 Å². The number of aromatic nitrogens is 3. The van der Waals surface area contributed by atoms with Crippen LogP contribution in [0.15, 0.2) is 36.9 Å². The third-order valence-electron chi connectivity index (χ3n) is 7.17. The minimum atomic E-state index is -0.470. The first kappa shape index (κ1) is 21.7. The summed E-state index contributed by atoms with van der Waals surface area (Å²) in [5.74, 6) is 0.805. The third kappa shape index (κ3) is 5.04. The molecule has 2 heterocycles. The molecule has 1 saturated heterocycles. The first-order chi connectivity index (χ1) is 14.6. The van der Waals surface area contributed by atoms with Crippen LogP contribution in [0.5, 0.6) is 0 Å². The van der Waals surface area contributed by atoms with Crippen LogP contribution in [0.1, 0.15) is 50.5 Å². The van der Waals surface area contributed by atoms with E-state index in [2.05, 4.69) is 56.9 Å². The van der Waals surface area contributed by atoms with Crippen molar-refractivity contribution >= 4 is 28.5 Å². The molecule has 4 rings (SSSR count). The number of hydrogen-bond donors (Lipinski definition) is 1. The summed E-state index contributed by atoms with van der Waals surface area (Å²) < 4.78 is 3.19. The number of rotatable bonds is 6. The highest BCUT2D eigenvalue weighted by Crippen LogP contribution is 2.47. The summed E-state index contributed by atoms with van der Waals surface area (Å²) in [7, 11) is 0. The highest BCUT2D eigenvalue weighted by Gasteiger charge is 2.43. The monoisotopic (exact) mass is 521 g/mol. The van der Waals surface area contributed by atoms with Crippen molar-refractivity contribution in [1.82, 2.24) is 19.7 Å². The summed E-state index contributed by atoms with van der Waals surface area (Å²) in [6, 6.07) is 7.80. The summed E-state index contributed by atoms with van der Waals surface area (Å²) in [5.41, 5.74) is 7.66. The van der Waals surface area contributed by atoms with Crippen LogP contribution in [0.4, 0.5) is 0 Å². The average Bonchev–Trinajstić information content (AvgIpc) is 3.29. The van der Waals surface area contributed by atoms with E-state index in [4.69, 9.17) is 5.73 Å². The number of likely N-dealkylation sites (tertiary alicyclic amines) is 1. The molecule has 0 bridgehead atoms. The van der Waals surface area contributed by atoms with E-state index < -0.39 is 6.04 Å². The Labute approximate surface area is 192 Å². The Hall–Kier alpha value is -1.48. The van der Waals surface area contributed by atoms with Crippen molar-refractivity contribution < 1.29 is 4.79 Å². The van der Waals surface area contributed by atoms with Gasteiger partial charge in [-0.25, -0.2) is 4.98 Å². The second-order valence-electron chi connectivity index (χ2n) is 9.05. The standard InChI is InChI=1S/C23H32IN5O/c24-20-8-6-18(7-9-20)14-21(25)22(30)28-12-10-23(11-13-28,15-29-17-26-16-27-29)19-4-2-1-3-5-19/h6-9,16-17,19,21H,1-5,10-15,25H2/t21-/m1/s1. The topological polar surface area (TPSA) is 77.0 Å². The molecule has 1 atom stereocenters. The zero-order valence-electron chi connectivity index (χ0n) is 17.5. The van der Waals surface area contributed by atoms with Gasteiger partial charge in [-0.2, -0.15) is 5.10 Å². The summed E-state index contributed by atoms with van der Waals surface area (Å²) in [6.45, 7) is 2.50. The molecule has 7 heteroatoms. The fourth-order valence-electron chi connectivity index (χ4n) is 5.42. The largest absolute Gasteiger partial charge is 0.341 e. The summed E-state index contributed by atoms with van der Waals surface area (Å²) in [4.78, 5) is 19.2. The summed E-state index contributed by atoms with van der Waals surface area (Å²) in [6.07, 6.45) is 12.7. The number of carbonyl (C=O) groups excluding carboxylic acids is 1. The molecule has 2 aliphatic rings. The van der Waals surface area contributed by atoms with Crippen LogP contribution < -0.4 is 5.73 Å². The van der Waals surface area contributed by atoms with E-state index in [1.807, 2.05) is 15.9 Å². The molecule has 162 valence electrons. The molecule has 1 aliphatic heterocycles. The van der Waals surface area contributed by atoms with E-state index in [9.17, 15) is 4.79 Å². The molecule has 0 unspecified atom stereocenters. The van der Waals surface area contributed by atoms with E-state index in [-0.39, 0.29) is 11.3 Å². The summed E-state index contributed by atoms with van der Waals surface area (Å²) >= 11 is 2.29. The van der Waals surface area contributed by atoms with Gasteiger partial charge in [0.2, 0.25) is 5.91 Å². The Morgan fingerprint density at radius 3 is 2.50 bits per heavy atom. The number of amides is 1. The number of benzene rings is 1. The molecule has 1 aromatic carbocycles. The Balaban J connectivity index is 1.40. The number of piperidine rings is 1. The van der Waals surface area contributed by atoms with Gasteiger partial charge in [0.05, 0.1) is 6.04 Å². The minimum Gasteiger partial charge on any atom is -0.341 e. The maximum absolute atomic E-state index is 13.0. The number of nitrogens with zero attached hydrogens (tertiary/aromatic N) is 4. The third-order valence-corrected chi connectivity index (χ3v) is 7.89. The lowest BCUT2D eigenvalue weighted by Gasteiger charge is -2.48. The van der Waals surface area contributed by atoms with Crippen molar-refractivity contribution in [3.63, 3.8) is 0 Å². The highest BCUT2D eigenvalue weighted by atomic mass is 127. The Morgan fingerprint density at radius 2 is 1.87 bits per heavy atom. The number of carbonyl (C=O) groups is 1. The lowest BCUT2D eigenvalue weighted by molar-refractivity contribution is -0.136. The van der Waals surface area contributed by atoms with E-state index >= 15 is 0 Å².